The summed E-state index contributed by atoms with van der Waals surface area (Å²) in [7, 11) is 0. The normalized spacial score (nSPS) is 10.7. The zero-order chi connectivity index (χ0) is 13.9. The lowest BCUT2D eigenvalue weighted by atomic mass is 10.1. The van der Waals surface area contributed by atoms with E-state index in [2.05, 4.69) is 4.98 Å². The lowest BCUT2D eigenvalue weighted by Gasteiger charge is -2.03. The summed E-state index contributed by atoms with van der Waals surface area (Å²) in [4.78, 5) is 4.61. The van der Waals surface area contributed by atoms with Crippen LogP contribution in [0.5, 0.6) is 0 Å². The molecule has 100 valence electrons. The minimum atomic E-state index is -0.310. The molecule has 3 rings (SSSR count). The van der Waals surface area contributed by atoms with Crippen molar-refractivity contribution in [1.29, 1.82) is 0 Å². The van der Waals surface area contributed by atoms with E-state index in [1.54, 1.807) is 17.4 Å². The van der Waals surface area contributed by atoms with Gasteiger partial charge in [-0.05, 0) is 17.7 Å². The lowest BCUT2D eigenvalue weighted by molar-refractivity contribution is 0.628. The van der Waals surface area contributed by atoms with E-state index in [-0.39, 0.29) is 5.82 Å². The molecule has 0 amide bonds. The van der Waals surface area contributed by atoms with Crippen LogP contribution >= 0.6 is 11.3 Å². The molecule has 4 heteroatoms. The van der Waals surface area contributed by atoms with Crippen molar-refractivity contribution in [3.05, 3.63) is 70.3 Å². The molecule has 2 aromatic carbocycles. The summed E-state index contributed by atoms with van der Waals surface area (Å²) in [5.74, 6) is -0.310. The van der Waals surface area contributed by atoms with Crippen molar-refractivity contribution in [2.45, 2.75) is 6.42 Å². The Labute approximate surface area is 120 Å². The fourth-order valence-corrected chi connectivity index (χ4v) is 2.85. The Morgan fingerprint density at radius 2 is 1.90 bits per heavy atom. The van der Waals surface area contributed by atoms with Gasteiger partial charge in [-0.25, -0.2) is 9.37 Å². The zero-order valence-corrected chi connectivity index (χ0v) is 11.5. The van der Waals surface area contributed by atoms with Crippen LogP contribution in [0.2, 0.25) is 0 Å². The number of hydrogen-bond acceptors (Lipinski definition) is 3. The van der Waals surface area contributed by atoms with Crippen LogP contribution in [0, 0.1) is 5.82 Å². The number of nitrogens with zero attached hydrogens (tertiary/aromatic N) is 1. The quantitative estimate of drug-likeness (QED) is 0.735. The van der Waals surface area contributed by atoms with Gasteiger partial charge in [0.2, 0.25) is 0 Å². The van der Waals surface area contributed by atoms with Gasteiger partial charge in [0.15, 0.2) is 0 Å². The number of benzene rings is 2. The summed E-state index contributed by atoms with van der Waals surface area (Å²) >= 11 is 1.59. The van der Waals surface area contributed by atoms with Gasteiger partial charge in [0.1, 0.15) is 5.82 Å². The maximum Gasteiger partial charge on any atom is 0.125 e. The van der Waals surface area contributed by atoms with Crippen molar-refractivity contribution < 1.29 is 4.39 Å². The van der Waals surface area contributed by atoms with Crippen molar-refractivity contribution in [3.63, 3.8) is 0 Å². The predicted octanol–water partition coefficient (Wildman–Crippen LogP) is 4.12. The molecule has 20 heavy (non-hydrogen) atoms. The topological polar surface area (TPSA) is 38.9 Å². The predicted molar refractivity (Wildman–Crippen MR) is 81.2 cm³/mol. The van der Waals surface area contributed by atoms with Crippen molar-refractivity contribution in [3.8, 4) is 11.3 Å². The van der Waals surface area contributed by atoms with E-state index in [9.17, 15) is 4.39 Å². The molecule has 0 spiro atoms. The number of nitrogens with two attached hydrogens (primary N) is 1. The van der Waals surface area contributed by atoms with E-state index in [0.29, 0.717) is 12.1 Å². The third-order valence-corrected chi connectivity index (χ3v) is 3.92. The van der Waals surface area contributed by atoms with Crippen molar-refractivity contribution in [1.82, 2.24) is 4.98 Å². The average molecular weight is 284 g/mol. The maximum atomic E-state index is 13.0. The van der Waals surface area contributed by atoms with Crippen LogP contribution in [-0.4, -0.2) is 4.98 Å². The first-order chi connectivity index (χ1) is 9.72. The Morgan fingerprint density at radius 1 is 1.10 bits per heavy atom. The summed E-state index contributed by atoms with van der Waals surface area (Å²) in [6.07, 6.45) is 0.629. The van der Waals surface area contributed by atoms with Gasteiger partial charge in [-0.3, -0.25) is 0 Å². The Morgan fingerprint density at radius 3 is 2.65 bits per heavy atom. The van der Waals surface area contributed by atoms with Gasteiger partial charge in [0, 0.05) is 23.1 Å². The molecule has 1 heterocycles. The molecule has 0 aliphatic rings. The minimum Gasteiger partial charge on any atom is -0.398 e. The highest BCUT2D eigenvalue weighted by atomic mass is 32.1. The molecule has 0 saturated heterocycles. The molecule has 0 radical (unpaired) electrons. The summed E-state index contributed by atoms with van der Waals surface area (Å²) in [5.41, 5.74) is 9.26. The van der Waals surface area contributed by atoms with Crippen LogP contribution in [0.4, 0.5) is 10.1 Å². The molecule has 1 aromatic heterocycles. The van der Waals surface area contributed by atoms with E-state index in [0.717, 1.165) is 21.8 Å². The number of rotatable bonds is 3. The highest BCUT2D eigenvalue weighted by molar-refractivity contribution is 7.10. The molecule has 0 aliphatic heterocycles. The number of nitrogen functional groups attached to an aromatic ring is 1. The van der Waals surface area contributed by atoms with Crippen molar-refractivity contribution >= 4 is 17.0 Å². The van der Waals surface area contributed by atoms with Crippen LogP contribution in [0.25, 0.3) is 11.3 Å². The SMILES string of the molecule is Nc1cc(F)ccc1Cc1nc(-c2ccccc2)cs1. The van der Waals surface area contributed by atoms with Crippen LogP contribution in [-0.2, 0) is 6.42 Å². The molecule has 2 N–H and O–H groups in total. The second kappa shape index (κ2) is 5.43. The van der Waals surface area contributed by atoms with E-state index in [4.69, 9.17) is 5.73 Å². The van der Waals surface area contributed by atoms with E-state index < -0.39 is 0 Å². The standard InChI is InChI=1S/C16H13FN2S/c17-13-7-6-12(14(18)9-13)8-16-19-15(10-20-16)11-4-2-1-3-5-11/h1-7,9-10H,8,18H2. The largest absolute Gasteiger partial charge is 0.398 e. The smallest absolute Gasteiger partial charge is 0.125 e. The lowest BCUT2D eigenvalue weighted by Crippen LogP contribution is -1.96. The fourth-order valence-electron chi connectivity index (χ4n) is 2.02. The van der Waals surface area contributed by atoms with Gasteiger partial charge in [0.25, 0.3) is 0 Å². The second-order valence-electron chi connectivity index (χ2n) is 4.51. The van der Waals surface area contributed by atoms with Crippen LogP contribution < -0.4 is 5.73 Å². The summed E-state index contributed by atoms with van der Waals surface area (Å²) in [6, 6.07) is 14.5. The second-order valence-corrected chi connectivity index (χ2v) is 5.46. The fraction of sp³-hybridized carbons (Fsp3) is 0.0625. The molecular formula is C16H13FN2S. The molecular weight excluding hydrogens is 271 g/mol. The van der Waals surface area contributed by atoms with Crippen LogP contribution in [0.15, 0.2) is 53.9 Å². The van der Waals surface area contributed by atoms with Gasteiger partial charge in [-0.2, -0.15) is 0 Å². The third kappa shape index (κ3) is 2.70. The Kier molecular flexibility index (Phi) is 3.48. The molecule has 0 atom stereocenters. The minimum absolute atomic E-state index is 0.310. The molecule has 0 bridgehead atoms. The zero-order valence-electron chi connectivity index (χ0n) is 10.7. The Hall–Kier alpha value is -2.20. The number of hydrogen-bond donors (Lipinski definition) is 1. The van der Waals surface area contributed by atoms with Gasteiger partial charge in [-0.1, -0.05) is 36.4 Å². The van der Waals surface area contributed by atoms with Gasteiger partial charge >= 0.3 is 0 Å². The van der Waals surface area contributed by atoms with E-state index >= 15 is 0 Å². The number of aromatic nitrogens is 1. The van der Waals surface area contributed by atoms with E-state index in [1.807, 2.05) is 35.7 Å². The van der Waals surface area contributed by atoms with Gasteiger partial charge < -0.3 is 5.73 Å². The molecule has 0 aliphatic carbocycles. The van der Waals surface area contributed by atoms with Crippen molar-refractivity contribution in [2.24, 2.45) is 0 Å². The highest BCUT2D eigenvalue weighted by Gasteiger charge is 2.07. The first kappa shape index (κ1) is 12.8. The molecule has 0 saturated carbocycles. The van der Waals surface area contributed by atoms with Crippen LogP contribution in [0.3, 0.4) is 0 Å². The Bertz CT molecular complexity index is 722. The maximum absolute atomic E-state index is 13.0. The molecule has 3 aromatic rings. The third-order valence-electron chi connectivity index (χ3n) is 3.07. The van der Waals surface area contributed by atoms with Crippen molar-refractivity contribution in [2.75, 3.05) is 5.73 Å². The van der Waals surface area contributed by atoms with Crippen LogP contribution in [0.1, 0.15) is 10.6 Å². The number of anilines is 1. The molecule has 0 unspecified atom stereocenters. The van der Waals surface area contributed by atoms with Gasteiger partial charge in [0.05, 0.1) is 10.7 Å². The number of halogens is 1. The summed E-state index contributed by atoms with van der Waals surface area (Å²) in [6.45, 7) is 0. The van der Waals surface area contributed by atoms with Gasteiger partial charge in [-0.15, -0.1) is 11.3 Å². The highest BCUT2D eigenvalue weighted by Crippen LogP contribution is 2.25. The summed E-state index contributed by atoms with van der Waals surface area (Å²) in [5, 5.41) is 3.01. The molecule has 0 fully saturated rings. The first-order valence-electron chi connectivity index (χ1n) is 6.26. The Balaban J connectivity index is 1.84. The summed E-state index contributed by atoms with van der Waals surface area (Å²) < 4.78 is 13.0. The monoisotopic (exact) mass is 284 g/mol. The first-order valence-corrected chi connectivity index (χ1v) is 7.14. The van der Waals surface area contributed by atoms with E-state index in [1.165, 1.54) is 12.1 Å². The molecule has 2 nitrogen and oxygen atoms in total. The average Bonchev–Trinajstić information content (AvgIpc) is 2.92. The number of thiazole rings is 1.